The van der Waals surface area contributed by atoms with Crippen molar-refractivity contribution in [2.75, 3.05) is 23.4 Å². The maximum atomic E-state index is 12.3. The number of carbonyl (C=O) groups is 2. The van der Waals surface area contributed by atoms with Gasteiger partial charge < -0.3 is 15.0 Å². The van der Waals surface area contributed by atoms with Crippen molar-refractivity contribution in [1.29, 1.82) is 0 Å². The van der Waals surface area contributed by atoms with Gasteiger partial charge in [-0.2, -0.15) is 0 Å². The van der Waals surface area contributed by atoms with Crippen molar-refractivity contribution in [1.82, 2.24) is 4.98 Å². The molecular formula is C25H21N3O3S. The molecule has 2 amide bonds. The summed E-state index contributed by atoms with van der Waals surface area (Å²) in [7, 11) is 0. The third-order valence-corrected chi connectivity index (χ3v) is 6.39. The van der Waals surface area contributed by atoms with Gasteiger partial charge in [-0.3, -0.25) is 9.59 Å². The second-order valence-corrected chi connectivity index (χ2v) is 8.57. The van der Waals surface area contributed by atoms with Gasteiger partial charge in [0.1, 0.15) is 10.8 Å². The molecule has 1 aromatic heterocycles. The number of thiazole rings is 1. The Morgan fingerprint density at radius 2 is 1.81 bits per heavy atom. The molecule has 4 aromatic rings. The number of fused-ring (bicyclic) bond motifs is 1. The molecule has 1 aliphatic rings. The minimum atomic E-state index is -0.239. The van der Waals surface area contributed by atoms with Crippen LogP contribution in [0.1, 0.15) is 12.8 Å². The summed E-state index contributed by atoms with van der Waals surface area (Å²) in [4.78, 5) is 30.5. The number of aromatic nitrogens is 1. The smallest absolute Gasteiger partial charge is 0.262 e. The average Bonchev–Trinajstić information content (AvgIpc) is 3.45. The Kier molecular flexibility index (Phi) is 5.56. The fourth-order valence-electron chi connectivity index (χ4n) is 3.68. The quantitative estimate of drug-likeness (QED) is 0.450. The third kappa shape index (κ3) is 4.33. The van der Waals surface area contributed by atoms with Crippen LogP contribution in [0.4, 0.5) is 11.4 Å². The zero-order chi connectivity index (χ0) is 21.9. The largest absolute Gasteiger partial charge is 0.484 e. The SMILES string of the molecule is O=C(COc1ccc(N2CCCC2=O)cc1)Nc1ccc(-c2nc3ccccc3s2)cc1. The number of benzene rings is 3. The van der Waals surface area contributed by atoms with E-state index in [0.717, 1.165) is 39.4 Å². The number of hydrogen-bond donors (Lipinski definition) is 1. The fraction of sp³-hybridized carbons (Fsp3) is 0.160. The average molecular weight is 444 g/mol. The van der Waals surface area contributed by atoms with Gasteiger partial charge in [-0.05, 0) is 67.1 Å². The van der Waals surface area contributed by atoms with Gasteiger partial charge >= 0.3 is 0 Å². The molecular weight excluding hydrogens is 422 g/mol. The van der Waals surface area contributed by atoms with E-state index in [1.165, 1.54) is 0 Å². The van der Waals surface area contributed by atoms with Gasteiger partial charge in [0.25, 0.3) is 5.91 Å². The minimum absolute atomic E-state index is 0.0956. The molecule has 2 heterocycles. The number of para-hydroxylation sites is 1. The Morgan fingerprint density at radius 3 is 2.53 bits per heavy atom. The lowest BCUT2D eigenvalue weighted by molar-refractivity contribution is -0.118. The van der Waals surface area contributed by atoms with E-state index in [9.17, 15) is 9.59 Å². The first-order chi connectivity index (χ1) is 15.7. The van der Waals surface area contributed by atoms with Crippen LogP contribution in [-0.2, 0) is 9.59 Å². The summed E-state index contributed by atoms with van der Waals surface area (Å²) in [6.45, 7) is 0.654. The molecule has 0 unspecified atom stereocenters. The highest BCUT2D eigenvalue weighted by Crippen LogP contribution is 2.30. The summed E-state index contributed by atoms with van der Waals surface area (Å²) >= 11 is 1.64. The summed E-state index contributed by atoms with van der Waals surface area (Å²) in [6.07, 6.45) is 1.48. The van der Waals surface area contributed by atoms with E-state index in [-0.39, 0.29) is 18.4 Å². The van der Waals surface area contributed by atoms with Crippen molar-refractivity contribution in [3.63, 3.8) is 0 Å². The molecule has 0 atom stereocenters. The van der Waals surface area contributed by atoms with Crippen molar-refractivity contribution >= 4 is 44.7 Å². The molecule has 32 heavy (non-hydrogen) atoms. The predicted molar refractivity (Wildman–Crippen MR) is 127 cm³/mol. The summed E-state index contributed by atoms with van der Waals surface area (Å²) < 4.78 is 6.74. The molecule has 0 saturated carbocycles. The topological polar surface area (TPSA) is 71.5 Å². The van der Waals surface area contributed by atoms with Crippen molar-refractivity contribution in [3.05, 3.63) is 72.8 Å². The second-order valence-electron chi connectivity index (χ2n) is 7.54. The highest BCUT2D eigenvalue weighted by atomic mass is 32.1. The molecule has 3 aromatic carbocycles. The van der Waals surface area contributed by atoms with Crippen molar-refractivity contribution in [2.45, 2.75) is 12.8 Å². The Balaban J connectivity index is 1.16. The van der Waals surface area contributed by atoms with E-state index in [4.69, 9.17) is 4.74 Å². The van der Waals surface area contributed by atoms with Crippen LogP contribution in [0, 0.1) is 0 Å². The van der Waals surface area contributed by atoms with Crippen LogP contribution in [0.2, 0.25) is 0 Å². The molecule has 7 heteroatoms. The van der Waals surface area contributed by atoms with Crippen LogP contribution in [0.3, 0.4) is 0 Å². The van der Waals surface area contributed by atoms with Crippen LogP contribution >= 0.6 is 11.3 Å². The van der Waals surface area contributed by atoms with Crippen molar-refractivity contribution in [3.8, 4) is 16.3 Å². The Hall–Kier alpha value is -3.71. The first-order valence-electron chi connectivity index (χ1n) is 10.4. The number of nitrogens with zero attached hydrogens (tertiary/aromatic N) is 2. The normalized spacial score (nSPS) is 13.5. The highest BCUT2D eigenvalue weighted by molar-refractivity contribution is 7.21. The molecule has 6 nitrogen and oxygen atoms in total. The Bertz CT molecular complexity index is 1230. The van der Waals surface area contributed by atoms with Crippen molar-refractivity contribution < 1.29 is 14.3 Å². The predicted octanol–water partition coefficient (Wildman–Crippen LogP) is 5.11. The molecule has 0 bridgehead atoms. The Morgan fingerprint density at radius 1 is 1.03 bits per heavy atom. The maximum Gasteiger partial charge on any atom is 0.262 e. The highest BCUT2D eigenvalue weighted by Gasteiger charge is 2.21. The molecule has 0 spiro atoms. The molecule has 1 saturated heterocycles. The van der Waals surface area contributed by atoms with Gasteiger partial charge in [-0.25, -0.2) is 4.98 Å². The second kappa shape index (κ2) is 8.80. The van der Waals surface area contributed by atoms with Crippen LogP contribution in [-0.4, -0.2) is 29.9 Å². The standard InChI is InChI=1S/C25H21N3O3S/c29-23(16-31-20-13-11-19(12-14-20)28-15-3-6-24(28)30)26-18-9-7-17(8-10-18)25-27-21-4-1-2-5-22(21)32-25/h1-2,4-5,7-14H,3,6,15-16H2,(H,26,29). The molecule has 0 radical (unpaired) electrons. The van der Waals surface area contributed by atoms with E-state index < -0.39 is 0 Å². The maximum absolute atomic E-state index is 12.3. The third-order valence-electron chi connectivity index (χ3n) is 5.30. The number of amides is 2. The summed E-state index contributed by atoms with van der Waals surface area (Å²) in [5, 5.41) is 3.80. The molecule has 0 aliphatic carbocycles. The van der Waals surface area contributed by atoms with Gasteiger partial charge in [-0.1, -0.05) is 12.1 Å². The first-order valence-corrected chi connectivity index (χ1v) is 11.3. The number of nitrogens with one attached hydrogen (secondary N) is 1. The summed E-state index contributed by atoms with van der Waals surface area (Å²) in [5.74, 6) is 0.491. The lowest BCUT2D eigenvalue weighted by atomic mass is 10.2. The zero-order valence-corrected chi connectivity index (χ0v) is 18.1. The van der Waals surface area contributed by atoms with Gasteiger partial charge in [0.05, 0.1) is 10.2 Å². The van der Waals surface area contributed by atoms with Crippen LogP contribution in [0.5, 0.6) is 5.75 Å². The zero-order valence-electron chi connectivity index (χ0n) is 17.3. The van der Waals surface area contributed by atoms with E-state index in [0.29, 0.717) is 17.9 Å². The van der Waals surface area contributed by atoms with Crippen LogP contribution in [0.15, 0.2) is 72.8 Å². The molecule has 1 N–H and O–H groups in total. The lowest BCUT2D eigenvalue weighted by Crippen LogP contribution is -2.23. The lowest BCUT2D eigenvalue weighted by Gasteiger charge is -2.16. The summed E-state index contributed by atoms with van der Waals surface area (Å²) in [5.41, 5.74) is 3.56. The molecule has 1 aliphatic heterocycles. The number of carbonyl (C=O) groups excluding carboxylic acids is 2. The summed E-state index contributed by atoms with van der Waals surface area (Å²) in [6, 6.07) is 22.9. The Labute approximate surface area is 189 Å². The number of ether oxygens (including phenoxy) is 1. The van der Waals surface area contributed by atoms with Crippen molar-refractivity contribution in [2.24, 2.45) is 0 Å². The number of hydrogen-bond acceptors (Lipinski definition) is 5. The van der Waals surface area contributed by atoms with Crippen LogP contribution in [0.25, 0.3) is 20.8 Å². The minimum Gasteiger partial charge on any atom is -0.484 e. The molecule has 160 valence electrons. The van der Waals surface area contributed by atoms with E-state index in [1.807, 2.05) is 54.6 Å². The fourth-order valence-corrected chi connectivity index (χ4v) is 4.65. The van der Waals surface area contributed by atoms with E-state index in [1.54, 1.807) is 28.4 Å². The monoisotopic (exact) mass is 443 g/mol. The number of rotatable bonds is 6. The van der Waals surface area contributed by atoms with Gasteiger partial charge in [0.2, 0.25) is 5.91 Å². The van der Waals surface area contributed by atoms with Gasteiger partial charge in [0, 0.05) is 29.9 Å². The molecule has 1 fully saturated rings. The van der Waals surface area contributed by atoms with E-state index in [2.05, 4.69) is 16.4 Å². The van der Waals surface area contributed by atoms with Gasteiger partial charge in [-0.15, -0.1) is 11.3 Å². The van der Waals surface area contributed by atoms with E-state index >= 15 is 0 Å². The van der Waals surface area contributed by atoms with Crippen LogP contribution < -0.4 is 15.0 Å². The van der Waals surface area contributed by atoms with Gasteiger partial charge in [0.15, 0.2) is 6.61 Å². The number of anilines is 2. The first kappa shape index (κ1) is 20.2. The molecule has 5 rings (SSSR count).